The van der Waals surface area contributed by atoms with Crippen LogP contribution in [0, 0.1) is 0 Å². The van der Waals surface area contributed by atoms with Crippen LogP contribution in [-0.2, 0) is 0 Å². The fourth-order valence-corrected chi connectivity index (χ4v) is 7.42. The lowest BCUT2D eigenvalue weighted by Crippen LogP contribution is -2.59. The number of hydrogen-bond acceptors (Lipinski definition) is 5. The van der Waals surface area contributed by atoms with Crippen LogP contribution in [0.4, 0.5) is 34.1 Å². The molecule has 0 saturated carbocycles. The molecule has 0 amide bonds. The van der Waals surface area contributed by atoms with E-state index in [2.05, 4.69) is 142 Å². The molecule has 0 bridgehead atoms. The van der Waals surface area contributed by atoms with Gasteiger partial charge in [0.2, 0.25) is 0 Å². The third kappa shape index (κ3) is 3.88. The smallest absolute Gasteiger partial charge is 0.256 e. The van der Waals surface area contributed by atoms with Gasteiger partial charge in [0.25, 0.3) is 6.71 Å². The third-order valence-corrected chi connectivity index (χ3v) is 9.40. The zero-order chi connectivity index (χ0) is 30.9. The van der Waals surface area contributed by atoms with Crippen LogP contribution < -0.4 is 30.9 Å². The van der Waals surface area contributed by atoms with Crippen molar-refractivity contribution in [1.29, 1.82) is 0 Å². The Bertz CT molecular complexity index is 2420. The van der Waals surface area contributed by atoms with Gasteiger partial charge in [-0.15, -0.1) is 0 Å². The zero-order valence-corrected chi connectivity index (χ0v) is 25.2. The lowest BCUT2D eigenvalue weighted by Gasteiger charge is -2.39. The van der Waals surface area contributed by atoms with Gasteiger partial charge >= 0.3 is 0 Å². The molecule has 10 rings (SSSR count). The van der Waals surface area contributed by atoms with E-state index in [1.165, 1.54) is 16.6 Å². The monoisotopic (exact) mass is 603 g/mol. The summed E-state index contributed by atoms with van der Waals surface area (Å²) >= 11 is 0. The van der Waals surface area contributed by atoms with Crippen molar-refractivity contribution in [1.82, 2.24) is 4.98 Å². The van der Waals surface area contributed by atoms with Gasteiger partial charge in [-0.2, -0.15) is 0 Å². The van der Waals surface area contributed by atoms with E-state index < -0.39 is 0 Å². The molecule has 5 nitrogen and oxygen atoms in total. The molecule has 220 valence electrons. The van der Waals surface area contributed by atoms with Crippen LogP contribution in [0.3, 0.4) is 0 Å². The molecule has 0 saturated heterocycles. The molecule has 6 aromatic carbocycles. The Hall–Kier alpha value is -6.27. The third-order valence-electron chi connectivity index (χ3n) is 9.40. The van der Waals surface area contributed by atoms with E-state index in [4.69, 9.17) is 9.15 Å². The summed E-state index contributed by atoms with van der Waals surface area (Å²) in [5, 5.41) is 2.09. The molecular weight excluding hydrogens is 577 g/mol. The van der Waals surface area contributed by atoms with Gasteiger partial charge in [0, 0.05) is 63.4 Å². The van der Waals surface area contributed by atoms with Crippen molar-refractivity contribution in [3.63, 3.8) is 0 Å². The van der Waals surface area contributed by atoms with E-state index in [1.54, 1.807) is 0 Å². The molecule has 0 atom stereocenters. The van der Waals surface area contributed by atoms with Crippen LogP contribution in [0.15, 0.2) is 162 Å². The number of aromatic nitrogens is 1. The van der Waals surface area contributed by atoms with E-state index in [0.717, 1.165) is 67.3 Å². The lowest BCUT2D eigenvalue weighted by atomic mass is 9.34. The maximum absolute atomic E-state index is 6.84. The fourth-order valence-electron chi connectivity index (χ4n) is 7.42. The molecule has 2 aliphatic heterocycles. The number of rotatable bonds is 4. The van der Waals surface area contributed by atoms with Crippen molar-refractivity contribution in [3.8, 4) is 11.5 Å². The second kappa shape index (κ2) is 10.1. The standard InChI is InChI=1S/C41H26BN3O2/c1-3-10-27(11-4-1)44(29-22-24-43-25-23-29)30-18-19-31-32-20-21-34-41(40(32)47-38(31)26-30)46-37-17-9-16-36-39(37)42(34)33-14-7-8-15-35(33)45(36)28-12-5-2-6-13-28/h1-26H. The average molecular weight is 603 g/mol. The van der Waals surface area contributed by atoms with Gasteiger partial charge in [-0.05, 0) is 83.1 Å². The van der Waals surface area contributed by atoms with Gasteiger partial charge in [-0.3, -0.25) is 4.98 Å². The van der Waals surface area contributed by atoms with Gasteiger partial charge in [-0.25, -0.2) is 0 Å². The normalized spacial score (nSPS) is 12.8. The zero-order valence-electron chi connectivity index (χ0n) is 25.2. The van der Waals surface area contributed by atoms with Gasteiger partial charge in [0.15, 0.2) is 11.3 Å². The number of hydrogen-bond donors (Lipinski definition) is 0. The number of anilines is 6. The molecule has 2 aliphatic rings. The highest BCUT2D eigenvalue weighted by molar-refractivity contribution is 6.99. The first-order valence-electron chi connectivity index (χ1n) is 15.8. The van der Waals surface area contributed by atoms with Gasteiger partial charge < -0.3 is 19.0 Å². The molecule has 0 radical (unpaired) electrons. The summed E-state index contributed by atoms with van der Waals surface area (Å²) < 4.78 is 13.6. The minimum absolute atomic E-state index is 0.00884. The predicted octanol–water partition coefficient (Wildman–Crippen LogP) is 8.86. The topological polar surface area (TPSA) is 41.7 Å². The van der Waals surface area contributed by atoms with Crippen LogP contribution in [0.2, 0.25) is 0 Å². The Labute approximate surface area is 272 Å². The van der Waals surface area contributed by atoms with Crippen LogP contribution >= 0.6 is 0 Å². The summed E-state index contributed by atoms with van der Waals surface area (Å²) in [7, 11) is 0. The van der Waals surface area contributed by atoms with Crippen LogP contribution in [0.25, 0.3) is 21.9 Å². The molecule has 0 N–H and O–H groups in total. The molecule has 0 fully saturated rings. The first kappa shape index (κ1) is 26.0. The number of ether oxygens (including phenoxy) is 1. The van der Waals surface area contributed by atoms with E-state index in [9.17, 15) is 0 Å². The van der Waals surface area contributed by atoms with Crippen molar-refractivity contribution in [2.24, 2.45) is 0 Å². The summed E-state index contributed by atoms with van der Waals surface area (Å²) in [4.78, 5) is 8.81. The maximum Gasteiger partial charge on any atom is 0.256 e. The number of para-hydroxylation sites is 3. The van der Waals surface area contributed by atoms with E-state index in [-0.39, 0.29) is 6.71 Å². The van der Waals surface area contributed by atoms with Crippen molar-refractivity contribution >= 4 is 79.2 Å². The first-order valence-corrected chi connectivity index (χ1v) is 15.8. The summed E-state index contributed by atoms with van der Waals surface area (Å²) in [5.74, 6) is 1.64. The van der Waals surface area contributed by atoms with Gasteiger partial charge in [0.05, 0.1) is 0 Å². The Kier molecular flexibility index (Phi) is 5.60. The highest BCUT2D eigenvalue weighted by Gasteiger charge is 2.42. The molecular formula is C41H26BN3O2. The Morgan fingerprint density at radius 2 is 1.30 bits per heavy atom. The number of benzene rings is 6. The highest BCUT2D eigenvalue weighted by Crippen LogP contribution is 2.44. The number of furan rings is 1. The predicted molar refractivity (Wildman–Crippen MR) is 192 cm³/mol. The van der Waals surface area contributed by atoms with E-state index in [1.807, 2.05) is 30.6 Å². The lowest BCUT2D eigenvalue weighted by molar-refractivity contribution is 0.481. The molecule has 0 spiro atoms. The van der Waals surface area contributed by atoms with E-state index in [0.29, 0.717) is 0 Å². The molecule has 0 aliphatic carbocycles. The Balaban J connectivity index is 1.16. The van der Waals surface area contributed by atoms with Gasteiger partial charge in [-0.1, -0.05) is 72.8 Å². The molecule has 4 heterocycles. The summed E-state index contributed by atoms with van der Waals surface area (Å²) in [6.07, 6.45) is 3.64. The second-order valence-electron chi connectivity index (χ2n) is 12.0. The summed E-state index contributed by atoms with van der Waals surface area (Å²) in [5.41, 5.74) is 11.6. The average Bonchev–Trinajstić information content (AvgIpc) is 3.51. The largest absolute Gasteiger partial charge is 0.454 e. The maximum atomic E-state index is 6.84. The van der Waals surface area contributed by atoms with Gasteiger partial charge in [0.1, 0.15) is 11.3 Å². The minimum Gasteiger partial charge on any atom is -0.454 e. The summed E-state index contributed by atoms with van der Waals surface area (Å²) in [6, 6.07) is 50.9. The van der Waals surface area contributed by atoms with Crippen LogP contribution in [0.5, 0.6) is 11.5 Å². The number of pyridine rings is 1. The molecule has 0 unspecified atom stereocenters. The summed E-state index contributed by atoms with van der Waals surface area (Å²) in [6.45, 7) is 0.00884. The fraction of sp³-hybridized carbons (Fsp3) is 0. The molecule has 8 aromatic rings. The van der Waals surface area contributed by atoms with Crippen LogP contribution in [0.1, 0.15) is 0 Å². The number of nitrogens with zero attached hydrogens (tertiary/aromatic N) is 3. The van der Waals surface area contributed by atoms with Crippen molar-refractivity contribution in [2.75, 3.05) is 9.80 Å². The molecule has 6 heteroatoms. The van der Waals surface area contributed by atoms with Crippen molar-refractivity contribution in [2.45, 2.75) is 0 Å². The SMILES string of the molecule is c1ccc(N(c2ccncc2)c2ccc3c(c2)oc2c4c(ccc23)B2c3ccccc3N(c3ccccc3)c3cccc(c32)O4)cc1. The van der Waals surface area contributed by atoms with Crippen LogP contribution in [-0.4, -0.2) is 11.7 Å². The number of fused-ring (bicyclic) bond motifs is 8. The van der Waals surface area contributed by atoms with E-state index >= 15 is 0 Å². The first-order chi connectivity index (χ1) is 23.3. The Morgan fingerprint density at radius 3 is 2.15 bits per heavy atom. The van der Waals surface area contributed by atoms with Crippen molar-refractivity contribution < 1.29 is 9.15 Å². The minimum atomic E-state index is 0.00884. The van der Waals surface area contributed by atoms with Crippen molar-refractivity contribution in [3.05, 3.63) is 158 Å². The second-order valence-corrected chi connectivity index (χ2v) is 12.0. The molecule has 47 heavy (non-hydrogen) atoms. The Morgan fingerprint density at radius 1 is 0.574 bits per heavy atom. The quantitative estimate of drug-likeness (QED) is 0.188. The molecule has 2 aromatic heterocycles. The highest BCUT2D eigenvalue weighted by atomic mass is 16.5.